The van der Waals surface area contributed by atoms with E-state index in [9.17, 15) is 22.4 Å². The lowest BCUT2D eigenvalue weighted by Crippen LogP contribution is -2.43. The molecule has 2 atom stereocenters. The first-order valence-electron chi connectivity index (χ1n) is 10.1. The van der Waals surface area contributed by atoms with Gasteiger partial charge < -0.3 is 19.3 Å². The minimum absolute atomic E-state index is 0.167. The minimum atomic E-state index is -4.65. The first-order valence-corrected chi connectivity index (χ1v) is 10.1. The molecule has 2 heterocycles. The quantitative estimate of drug-likeness (QED) is 0.634. The summed E-state index contributed by atoms with van der Waals surface area (Å²) in [7, 11) is 0. The topological polar surface area (TPSA) is 95.7 Å². The van der Waals surface area contributed by atoms with Crippen LogP contribution in [-0.2, 0) is 14.3 Å². The third kappa shape index (κ3) is 5.94. The Morgan fingerprint density at radius 3 is 2.59 bits per heavy atom. The number of benzene rings is 1. The molecule has 1 saturated carbocycles. The summed E-state index contributed by atoms with van der Waals surface area (Å²) in [5.41, 5.74) is 0. The number of ether oxygens (including phenoxy) is 3. The Morgan fingerprint density at radius 2 is 1.94 bits per heavy atom. The normalized spacial score (nSPS) is 25.8. The Morgan fingerprint density at radius 1 is 1.19 bits per heavy atom. The highest BCUT2D eigenvalue weighted by Gasteiger charge is 2.43. The van der Waals surface area contributed by atoms with Gasteiger partial charge in [0.1, 0.15) is 17.7 Å². The molecule has 174 valence electrons. The first-order chi connectivity index (χ1) is 15.2. The zero-order chi connectivity index (χ0) is 22.7. The number of hydrogen-bond acceptors (Lipinski definition) is 7. The molecule has 0 bridgehead atoms. The molecular formula is C20H21F4N3O5. The van der Waals surface area contributed by atoms with E-state index in [1.165, 1.54) is 24.3 Å². The number of aromatic nitrogens is 2. The highest BCUT2D eigenvalue weighted by Crippen LogP contribution is 2.41. The van der Waals surface area contributed by atoms with Gasteiger partial charge in [0.2, 0.25) is 11.7 Å². The maximum Gasteiger partial charge on any atom is 0.522 e. The van der Waals surface area contributed by atoms with Crippen molar-refractivity contribution >= 4 is 5.91 Å². The van der Waals surface area contributed by atoms with Crippen molar-refractivity contribution < 1.29 is 41.1 Å². The molecule has 8 nitrogen and oxygen atoms in total. The molecule has 1 N–H and O–H groups in total. The van der Waals surface area contributed by atoms with Crippen LogP contribution in [0.1, 0.15) is 49.4 Å². The van der Waals surface area contributed by atoms with Gasteiger partial charge in [-0.25, -0.2) is 4.39 Å². The maximum absolute atomic E-state index is 12.9. The van der Waals surface area contributed by atoms with Gasteiger partial charge in [0.15, 0.2) is 6.61 Å². The Balaban J connectivity index is 1.17. The van der Waals surface area contributed by atoms with Crippen LogP contribution in [0.2, 0.25) is 0 Å². The predicted molar refractivity (Wildman–Crippen MR) is 99.0 cm³/mol. The van der Waals surface area contributed by atoms with E-state index in [0.717, 1.165) is 0 Å². The molecule has 1 aliphatic carbocycles. The average molecular weight is 459 g/mol. The molecule has 1 saturated heterocycles. The molecule has 1 amide bonds. The molecule has 1 aromatic carbocycles. The van der Waals surface area contributed by atoms with Gasteiger partial charge in [-0.05, 0) is 49.9 Å². The van der Waals surface area contributed by atoms with E-state index in [1.807, 2.05) is 0 Å². The SMILES string of the molecule is O=C(COc1ccc(F)cc1)N[C@H]1CC[C@H](c2noc([C@H]3C[C@@H](OC(F)(F)F)C3)n2)OC1. The van der Waals surface area contributed by atoms with Crippen molar-refractivity contribution in [2.75, 3.05) is 13.2 Å². The lowest BCUT2D eigenvalue weighted by Gasteiger charge is -2.32. The number of rotatable bonds is 7. The molecule has 2 aromatic rings. The van der Waals surface area contributed by atoms with Crippen LogP contribution in [0.15, 0.2) is 28.8 Å². The molecule has 0 radical (unpaired) electrons. The predicted octanol–water partition coefficient (Wildman–Crippen LogP) is 3.41. The van der Waals surface area contributed by atoms with Crippen molar-refractivity contribution in [1.82, 2.24) is 15.5 Å². The second-order valence-corrected chi connectivity index (χ2v) is 7.75. The van der Waals surface area contributed by atoms with Gasteiger partial charge in [-0.2, -0.15) is 4.98 Å². The van der Waals surface area contributed by atoms with Crippen molar-refractivity contribution in [2.45, 2.75) is 56.2 Å². The molecule has 32 heavy (non-hydrogen) atoms. The number of amides is 1. The second-order valence-electron chi connectivity index (χ2n) is 7.75. The van der Waals surface area contributed by atoms with Crippen molar-refractivity contribution in [3.8, 4) is 5.75 Å². The third-order valence-electron chi connectivity index (χ3n) is 5.31. The largest absolute Gasteiger partial charge is 0.522 e. The number of halogens is 4. The van der Waals surface area contributed by atoms with Crippen LogP contribution in [0.4, 0.5) is 17.6 Å². The van der Waals surface area contributed by atoms with Crippen LogP contribution in [0.25, 0.3) is 0 Å². The number of nitrogens with zero attached hydrogens (tertiary/aromatic N) is 2. The van der Waals surface area contributed by atoms with E-state index >= 15 is 0 Å². The number of hydrogen-bond donors (Lipinski definition) is 1. The summed E-state index contributed by atoms with van der Waals surface area (Å²) in [5, 5.41) is 6.69. The zero-order valence-corrected chi connectivity index (χ0v) is 16.8. The Hall–Kier alpha value is -2.73. The Bertz CT molecular complexity index is 907. The van der Waals surface area contributed by atoms with Gasteiger partial charge in [0.25, 0.3) is 5.91 Å². The molecule has 0 spiro atoms. The van der Waals surface area contributed by atoms with Gasteiger partial charge in [-0.15, -0.1) is 13.2 Å². The maximum atomic E-state index is 12.9. The molecule has 0 unspecified atom stereocenters. The average Bonchev–Trinajstić information content (AvgIpc) is 3.19. The lowest BCUT2D eigenvalue weighted by molar-refractivity contribution is -0.352. The van der Waals surface area contributed by atoms with Crippen molar-refractivity contribution in [3.05, 3.63) is 41.8 Å². The van der Waals surface area contributed by atoms with Crippen LogP contribution in [0.5, 0.6) is 5.75 Å². The standard InChI is InChI=1S/C20H21F4N3O5/c21-12-1-4-14(5-2-12)29-10-17(28)25-13-3-6-16(30-9-13)18-26-19(32-27-18)11-7-15(8-11)31-20(22,23)24/h1-2,4-5,11,13,15-16H,3,6-10H2,(H,25,28)/t11-,13-,15+,16+/m0/s1. The summed E-state index contributed by atoms with van der Waals surface area (Å²) in [6.45, 7) is 0.0297. The molecule has 12 heteroatoms. The van der Waals surface area contributed by atoms with E-state index in [0.29, 0.717) is 24.4 Å². The Kier molecular flexibility index (Phi) is 6.60. The van der Waals surface area contributed by atoms with Gasteiger partial charge in [0.05, 0.1) is 18.8 Å². The number of carbonyl (C=O) groups is 1. The molecular weight excluding hydrogens is 438 g/mol. The fourth-order valence-corrected chi connectivity index (χ4v) is 3.61. The van der Waals surface area contributed by atoms with Crippen LogP contribution < -0.4 is 10.1 Å². The Labute approximate surface area is 180 Å². The van der Waals surface area contributed by atoms with Gasteiger partial charge >= 0.3 is 6.36 Å². The van der Waals surface area contributed by atoms with E-state index in [1.54, 1.807) is 0 Å². The highest BCUT2D eigenvalue weighted by molar-refractivity contribution is 5.77. The van der Waals surface area contributed by atoms with Crippen LogP contribution in [-0.4, -0.2) is 47.8 Å². The summed E-state index contributed by atoms with van der Waals surface area (Å²) in [4.78, 5) is 16.3. The zero-order valence-electron chi connectivity index (χ0n) is 16.8. The smallest absolute Gasteiger partial charge is 0.484 e. The van der Waals surface area contributed by atoms with E-state index < -0.39 is 24.4 Å². The molecule has 4 rings (SSSR count). The summed E-state index contributed by atoms with van der Waals surface area (Å²) < 4.78 is 69.7. The summed E-state index contributed by atoms with van der Waals surface area (Å²) in [6.07, 6.45) is -4.47. The van der Waals surface area contributed by atoms with Crippen molar-refractivity contribution in [1.29, 1.82) is 0 Å². The summed E-state index contributed by atoms with van der Waals surface area (Å²) >= 11 is 0. The number of carbonyl (C=O) groups excluding carboxylic acids is 1. The fraction of sp³-hybridized carbons (Fsp3) is 0.550. The number of alkyl halides is 3. The van der Waals surface area contributed by atoms with E-state index in [4.69, 9.17) is 14.0 Å². The fourth-order valence-electron chi connectivity index (χ4n) is 3.61. The van der Waals surface area contributed by atoms with Gasteiger partial charge in [-0.1, -0.05) is 5.16 Å². The van der Waals surface area contributed by atoms with Gasteiger partial charge in [0, 0.05) is 5.92 Å². The number of nitrogens with one attached hydrogen (secondary N) is 1. The minimum Gasteiger partial charge on any atom is -0.484 e. The van der Waals surface area contributed by atoms with E-state index in [-0.39, 0.29) is 49.8 Å². The highest BCUT2D eigenvalue weighted by atomic mass is 19.4. The van der Waals surface area contributed by atoms with Gasteiger partial charge in [-0.3, -0.25) is 9.53 Å². The molecule has 1 aliphatic heterocycles. The van der Waals surface area contributed by atoms with Crippen molar-refractivity contribution in [2.24, 2.45) is 0 Å². The third-order valence-corrected chi connectivity index (χ3v) is 5.31. The first kappa shape index (κ1) is 22.5. The summed E-state index contributed by atoms with van der Waals surface area (Å²) in [5.74, 6) is 0.0155. The van der Waals surface area contributed by atoms with Crippen molar-refractivity contribution in [3.63, 3.8) is 0 Å². The summed E-state index contributed by atoms with van der Waals surface area (Å²) in [6, 6.07) is 5.14. The molecule has 1 aromatic heterocycles. The molecule has 2 aliphatic rings. The molecule has 2 fully saturated rings. The second kappa shape index (κ2) is 9.41. The lowest BCUT2D eigenvalue weighted by atomic mass is 9.82. The monoisotopic (exact) mass is 459 g/mol. The van der Waals surface area contributed by atoms with Crippen LogP contribution in [0.3, 0.4) is 0 Å². The van der Waals surface area contributed by atoms with E-state index in [2.05, 4.69) is 20.2 Å². The van der Waals surface area contributed by atoms with Crippen LogP contribution >= 0.6 is 0 Å². The van der Waals surface area contributed by atoms with Crippen LogP contribution in [0, 0.1) is 5.82 Å².